The smallest absolute Gasteiger partial charge is 0.392 e. The first kappa shape index (κ1) is 12.0. The third kappa shape index (κ3) is 4.83. The fourth-order valence-electron chi connectivity index (χ4n) is 0.851. The fraction of sp³-hybridized carbons (Fsp3) is 0.500. The highest BCUT2D eigenvalue weighted by Crippen LogP contribution is 2.20. The van der Waals surface area contributed by atoms with Crippen molar-refractivity contribution in [1.82, 2.24) is 9.97 Å². The van der Waals surface area contributed by atoms with Gasteiger partial charge in [-0.2, -0.15) is 18.2 Å². The molecule has 1 aromatic heterocycles. The number of nitrogens with zero attached hydrogens (tertiary/aromatic N) is 2. The van der Waals surface area contributed by atoms with Crippen LogP contribution in [-0.2, 0) is 0 Å². The van der Waals surface area contributed by atoms with Gasteiger partial charge < -0.3 is 4.74 Å². The van der Waals surface area contributed by atoms with E-state index in [1.54, 1.807) is 6.92 Å². The number of aromatic nitrogens is 2. The summed E-state index contributed by atoms with van der Waals surface area (Å²) in [5, 5.41) is 0.143. The molecule has 0 saturated heterocycles. The molecule has 0 amide bonds. The van der Waals surface area contributed by atoms with Gasteiger partial charge in [0.2, 0.25) is 5.88 Å². The quantitative estimate of drug-likeness (QED) is 0.762. The van der Waals surface area contributed by atoms with Crippen molar-refractivity contribution in [3.8, 4) is 5.88 Å². The summed E-state index contributed by atoms with van der Waals surface area (Å²) in [4.78, 5) is 7.51. The maximum atomic E-state index is 11.8. The number of ether oxygens (including phenoxy) is 1. The first-order valence-electron chi connectivity index (χ1n) is 4.07. The zero-order chi connectivity index (χ0) is 11.5. The van der Waals surface area contributed by atoms with Crippen molar-refractivity contribution in [2.45, 2.75) is 19.5 Å². The monoisotopic (exact) mass is 240 g/mol. The molecule has 1 aromatic rings. The van der Waals surface area contributed by atoms with Gasteiger partial charge in [0.05, 0.1) is 13.0 Å². The molecule has 7 heteroatoms. The molecule has 0 aromatic carbocycles. The first-order chi connectivity index (χ1) is 6.87. The maximum absolute atomic E-state index is 11.8. The number of aryl methyl sites for hydroxylation is 1. The van der Waals surface area contributed by atoms with Crippen LogP contribution in [-0.4, -0.2) is 22.8 Å². The summed E-state index contributed by atoms with van der Waals surface area (Å²) in [6.07, 6.45) is -5.25. The molecule has 0 aliphatic carbocycles. The maximum Gasteiger partial charge on any atom is 0.392 e. The minimum atomic E-state index is -4.23. The molecule has 0 radical (unpaired) electrons. The molecule has 84 valence electrons. The van der Waals surface area contributed by atoms with Crippen LogP contribution < -0.4 is 4.74 Å². The van der Waals surface area contributed by atoms with Crippen LogP contribution in [0.15, 0.2) is 6.07 Å². The summed E-state index contributed by atoms with van der Waals surface area (Å²) >= 11 is 5.57. The summed E-state index contributed by atoms with van der Waals surface area (Å²) in [5.41, 5.74) is 0. The van der Waals surface area contributed by atoms with E-state index in [-0.39, 0.29) is 11.0 Å². The molecule has 1 heterocycles. The molecule has 1 rings (SSSR count). The third-order valence-corrected chi connectivity index (χ3v) is 1.61. The minimum absolute atomic E-state index is 0.0525. The van der Waals surface area contributed by atoms with Gasteiger partial charge in [-0.05, 0) is 6.92 Å². The average molecular weight is 241 g/mol. The van der Waals surface area contributed by atoms with Crippen molar-refractivity contribution in [2.75, 3.05) is 6.61 Å². The highest BCUT2D eigenvalue weighted by Gasteiger charge is 2.26. The zero-order valence-electron chi connectivity index (χ0n) is 7.81. The molecular weight excluding hydrogens is 233 g/mol. The number of alkyl halides is 3. The number of hydrogen-bond donors (Lipinski definition) is 0. The molecule has 3 nitrogen and oxygen atoms in total. The van der Waals surface area contributed by atoms with E-state index in [4.69, 9.17) is 16.3 Å². The van der Waals surface area contributed by atoms with Crippen LogP contribution in [0.25, 0.3) is 0 Å². The van der Waals surface area contributed by atoms with Gasteiger partial charge >= 0.3 is 6.18 Å². The van der Waals surface area contributed by atoms with Crippen LogP contribution in [0.5, 0.6) is 5.88 Å². The predicted octanol–water partition coefficient (Wildman–Crippen LogP) is 2.77. The van der Waals surface area contributed by atoms with Crippen molar-refractivity contribution >= 4 is 11.6 Å². The zero-order valence-corrected chi connectivity index (χ0v) is 8.56. The Morgan fingerprint density at radius 2 is 2.07 bits per heavy atom. The van der Waals surface area contributed by atoms with Crippen molar-refractivity contribution in [1.29, 1.82) is 0 Å². The Bertz CT molecular complexity index is 323. The van der Waals surface area contributed by atoms with Crippen LogP contribution >= 0.6 is 11.6 Å². The highest BCUT2D eigenvalue weighted by atomic mass is 35.5. The van der Waals surface area contributed by atoms with E-state index in [0.717, 1.165) is 0 Å². The molecule has 0 aliphatic rings. The van der Waals surface area contributed by atoms with Gasteiger partial charge in [-0.15, -0.1) is 0 Å². The van der Waals surface area contributed by atoms with E-state index in [1.165, 1.54) is 6.07 Å². The molecular formula is C8H8ClF3N2O. The lowest BCUT2D eigenvalue weighted by Crippen LogP contribution is -2.13. The van der Waals surface area contributed by atoms with Crippen LogP contribution in [0, 0.1) is 6.92 Å². The Kier molecular flexibility index (Phi) is 3.73. The van der Waals surface area contributed by atoms with E-state index in [0.29, 0.717) is 5.82 Å². The Hall–Kier alpha value is -1.04. The van der Waals surface area contributed by atoms with Crippen LogP contribution in [0.2, 0.25) is 5.15 Å². The lowest BCUT2D eigenvalue weighted by atomic mass is 10.4. The van der Waals surface area contributed by atoms with Gasteiger partial charge in [-0.3, -0.25) is 0 Å². The van der Waals surface area contributed by atoms with Crippen LogP contribution in [0.1, 0.15) is 12.2 Å². The topological polar surface area (TPSA) is 35.0 Å². The average Bonchev–Trinajstić information content (AvgIpc) is 1.99. The molecule has 0 bridgehead atoms. The molecule has 0 unspecified atom stereocenters. The standard InChI is InChI=1S/C8H8ClF3N2O/c1-5-13-6(9)4-7(14-5)15-3-2-8(10,11)12/h4H,2-3H2,1H3. The summed E-state index contributed by atoms with van der Waals surface area (Å²) in [6.45, 7) is 1.10. The SMILES string of the molecule is Cc1nc(Cl)cc(OCCC(F)(F)F)n1. The number of rotatable bonds is 3. The summed E-state index contributed by atoms with van der Waals surface area (Å²) in [7, 11) is 0. The van der Waals surface area contributed by atoms with Crippen molar-refractivity contribution in [3.05, 3.63) is 17.0 Å². The molecule has 0 fully saturated rings. The van der Waals surface area contributed by atoms with Gasteiger partial charge in [0.1, 0.15) is 11.0 Å². The second-order valence-electron chi connectivity index (χ2n) is 2.79. The molecule has 0 N–H and O–H groups in total. The largest absolute Gasteiger partial charge is 0.477 e. The van der Waals surface area contributed by atoms with E-state index in [9.17, 15) is 13.2 Å². The van der Waals surface area contributed by atoms with Gasteiger partial charge in [0.25, 0.3) is 0 Å². The third-order valence-electron chi connectivity index (χ3n) is 1.42. The first-order valence-corrected chi connectivity index (χ1v) is 4.45. The van der Waals surface area contributed by atoms with E-state index >= 15 is 0 Å². The normalized spacial score (nSPS) is 11.5. The van der Waals surface area contributed by atoms with Crippen molar-refractivity contribution in [2.24, 2.45) is 0 Å². The van der Waals surface area contributed by atoms with Crippen LogP contribution in [0.4, 0.5) is 13.2 Å². The van der Waals surface area contributed by atoms with Gasteiger partial charge in [0, 0.05) is 6.07 Å². The minimum Gasteiger partial charge on any atom is -0.477 e. The van der Waals surface area contributed by atoms with E-state index < -0.39 is 19.2 Å². The lowest BCUT2D eigenvalue weighted by molar-refractivity contribution is -0.139. The highest BCUT2D eigenvalue weighted by molar-refractivity contribution is 6.29. The molecule has 0 atom stereocenters. The Balaban J connectivity index is 2.51. The lowest BCUT2D eigenvalue weighted by Gasteiger charge is -2.08. The van der Waals surface area contributed by atoms with Gasteiger partial charge in [0.15, 0.2) is 0 Å². The van der Waals surface area contributed by atoms with Crippen molar-refractivity contribution < 1.29 is 17.9 Å². The van der Waals surface area contributed by atoms with Crippen LogP contribution in [0.3, 0.4) is 0 Å². The summed E-state index contributed by atoms with van der Waals surface area (Å²) in [6, 6.07) is 1.27. The second kappa shape index (κ2) is 4.65. The Morgan fingerprint density at radius 3 is 2.60 bits per heavy atom. The van der Waals surface area contributed by atoms with E-state index in [2.05, 4.69) is 9.97 Å². The van der Waals surface area contributed by atoms with E-state index in [1.807, 2.05) is 0 Å². The summed E-state index contributed by atoms with van der Waals surface area (Å²) < 4.78 is 40.1. The molecule has 0 spiro atoms. The van der Waals surface area contributed by atoms with Gasteiger partial charge in [-0.25, -0.2) is 4.98 Å². The summed E-state index contributed by atoms with van der Waals surface area (Å²) in [5.74, 6) is 0.404. The Labute approximate surface area is 89.2 Å². The molecule has 0 aliphatic heterocycles. The predicted molar refractivity (Wildman–Crippen MR) is 47.9 cm³/mol. The van der Waals surface area contributed by atoms with Crippen molar-refractivity contribution in [3.63, 3.8) is 0 Å². The molecule has 15 heavy (non-hydrogen) atoms. The van der Waals surface area contributed by atoms with Gasteiger partial charge in [-0.1, -0.05) is 11.6 Å². The number of hydrogen-bond acceptors (Lipinski definition) is 3. The Morgan fingerprint density at radius 1 is 1.40 bits per heavy atom. The molecule has 0 saturated carbocycles. The fourth-order valence-corrected chi connectivity index (χ4v) is 1.07. The number of halogens is 4. The second-order valence-corrected chi connectivity index (χ2v) is 3.18.